The van der Waals surface area contributed by atoms with Crippen molar-refractivity contribution >= 4 is 15.8 Å². The van der Waals surface area contributed by atoms with Gasteiger partial charge < -0.3 is 5.32 Å². The molecule has 8 nitrogen and oxygen atoms in total. The van der Waals surface area contributed by atoms with Crippen molar-refractivity contribution in [3.63, 3.8) is 0 Å². The van der Waals surface area contributed by atoms with Gasteiger partial charge in [-0.3, -0.25) is 4.68 Å². The Labute approximate surface area is 110 Å². The average molecular weight is 282 g/mol. The fourth-order valence-corrected chi connectivity index (χ4v) is 2.32. The molecule has 0 aliphatic carbocycles. The third-order valence-electron chi connectivity index (χ3n) is 2.37. The minimum absolute atomic E-state index is 0.0386. The topological polar surface area (TPSA) is 102 Å². The number of hydrogen-bond acceptors (Lipinski definition) is 6. The minimum Gasteiger partial charge on any atom is -0.373 e. The van der Waals surface area contributed by atoms with E-state index in [4.69, 9.17) is 0 Å². The number of anilines is 1. The highest BCUT2D eigenvalue weighted by atomic mass is 32.2. The summed E-state index contributed by atoms with van der Waals surface area (Å²) in [5, 5.41) is 6.80. The molecule has 2 rings (SSSR count). The van der Waals surface area contributed by atoms with E-state index in [-0.39, 0.29) is 11.4 Å². The van der Waals surface area contributed by atoms with E-state index in [2.05, 4.69) is 25.1 Å². The van der Waals surface area contributed by atoms with Gasteiger partial charge in [0.2, 0.25) is 10.0 Å². The summed E-state index contributed by atoms with van der Waals surface area (Å²) >= 11 is 0. The molecular weight excluding hydrogens is 268 g/mol. The maximum atomic E-state index is 12.0. The zero-order valence-corrected chi connectivity index (χ0v) is 11.3. The molecular formula is C10H14N6O2S. The fraction of sp³-hybridized carbons (Fsp3) is 0.300. The third-order valence-corrected chi connectivity index (χ3v) is 3.76. The Morgan fingerprint density at radius 3 is 2.63 bits per heavy atom. The van der Waals surface area contributed by atoms with E-state index in [0.717, 1.165) is 0 Å². The molecule has 2 N–H and O–H groups in total. The Hall–Kier alpha value is -2.00. The van der Waals surface area contributed by atoms with Gasteiger partial charge in [-0.15, -0.1) is 0 Å². The van der Waals surface area contributed by atoms with Gasteiger partial charge in [-0.05, 0) is 12.1 Å². The molecule has 102 valence electrons. The summed E-state index contributed by atoms with van der Waals surface area (Å²) in [7, 11) is -0.180. The molecule has 0 saturated heterocycles. The summed E-state index contributed by atoms with van der Waals surface area (Å²) < 4.78 is 27.9. The molecule has 0 spiro atoms. The summed E-state index contributed by atoms with van der Waals surface area (Å²) in [5.41, 5.74) is 0. The van der Waals surface area contributed by atoms with Gasteiger partial charge in [-0.1, -0.05) is 0 Å². The molecule has 0 aromatic carbocycles. The second-order valence-electron chi connectivity index (χ2n) is 3.79. The second-order valence-corrected chi connectivity index (χ2v) is 5.56. The number of pyridine rings is 1. The van der Waals surface area contributed by atoms with E-state index in [1.54, 1.807) is 20.2 Å². The van der Waals surface area contributed by atoms with Crippen LogP contribution >= 0.6 is 0 Å². The van der Waals surface area contributed by atoms with Gasteiger partial charge in [0.25, 0.3) is 0 Å². The van der Waals surface area contributed by atoms with Gasteiger partial charge in [0.1, 0.15) is 17.0 Å². The Morgan fingerprint density at radius 1 is 1.32 bits per heavy atom. The lowest BCUT2D eigenvalue weighted by molar-refractivity contribution is 0.578. The first-order valence-electron chi connectivity index (χ1n) is 5.49. The normalized spacial score (nSPS) is 11.5. The quantitative estimate of drug-likeness (QED) is 0.782. The van der Waals surface area contributed by atoms with Crippen molar-refractivity contribution in [2.45, 2.75) is 11.4 Å². The van der Waals surface area contributed by atoms with Crippen LogP contribution in [0.4, 0.5) is 5.82 Å². The molecule has 0 fully saturated rings. The molecule has 2 aromatic heterocycles. The van der Waals surface area contributed by atoms with Gasteiger partial charge in [-0.2, -0.15) is 5.10 Å². The second kappa shape index (κ2) is 5.33. The number of rotatable bonds is 5. The lowest BCUT2D eigenvalue weighted by Crippen LogP contribution is -2.24. The highest BCUT2D eigenvalue weighted by Gasteiger charge is 2.15. The molecule has 0 aliphatic rings. The van der Waals surface area contributed by atoms with Crippen LogP contribution in [0.15, 0.2) is 29.6 Å². The summed E-state index contributed by atoms with van der Waals surface area (Å²) in [5.74, 6) is 1.01. The Morgan fingerprint density at radius 2 is 2.11 bits per heavy atom. The maximum absolute atomic E-state index is 12.0. The first-order valence-corrected chi connectivity index (χ1v) is 6.97. The SMILES string of the molecule is CNc1ccc(S(=O)(=O)NCc2ncn(C)n2)cn1. The van der Waals surface area contributed by atoms with E-state index in [1.807, 2.05) is 0 Å². The Balaban J connectivity index is 2.09. The minimum atomic E-state index is -3.60. The molecule has 0 bridgehead atoms. The van der Waals surface area contributed by atoms with Crippen molar-refractivity contribution in [3.05, 3.63) is 30.5 Å². The van der Waals surface area contributed by atoms with E-state index >= 15 is 0 Å². The molecule has 0 radical (unpaired) electrons. The Bertz CT molecular complexity index is 649. The van der Waals surface area contributed by atoms with Crippen molar-refractivity contribution in [2.24, 2.45) is 7.05 Å². The van der Waals surface area contributed by atoms with Gasteiger partial charge in [0.15, 0.2) is 5.82 Å². The Kier molecular flexibility index (Phi) is 3.76. The van der Waals surface area contributed by atoms with Gasteiger partial charge in [0.05, 0.1) is 6.54 Å². The molecule has 2 heterocycles. The summed E-state index contributed by atoms with van der Waals surface area (Å²) in [6.45, 7) is 0.0386. The highest BCUT2D eigenvalue weighted by molar-refractivity contribution is 7.89. The number of hydrogen-bond donors (Lipinski definition) is 2. The summed E-state index contributed by atoms with van der Waals surface area (Å²) in [6, 6.07) is 3.07. The predicted octanol–water partition coefficient (Wildman–Crippen LogP) is -0.270. The lowest BCUT2D eigenvalue weighted by Gasteiger charge is -2.05. The summed E-state index contributed by atoms with van der Waals surface area (Å²) in [4.78, 5) is 8.00. The third kappa shape index (κ3) is 3.26. The van der Waals surface area contributed by atoms with E-state index < -0.39 is 10.0 Å². The van der Waals surface area contributed by atoms with Crippen molar-refractivity contribution in [3.8, 4) is 0 Å². The number of nitrogens with zero attached hydrogens (tertiary/aromatic N) is 4. The van der Waals surface area contributed by atoms with Gasteiger partial charge in [-0.25, -0.2) is 23.1 Å². The molecule has 19 heavy (non-hydrogen) atoms. The molecule has 9 heteroatoms. The van der Waals surface area contributed by atoms with Crippen molar-refractivity contribution in [1.82, 2.24) is 24.5 Å². The van der Waals surface area contributed by atoms with Gasteiger partial charge in [0, 0.05) is 20.3 Å². The van der Waals surface area contributed by atoms with Crippen LogP contribution in [0, 0.1) is 0 Å². The molecule has 0 aliphatic heterocycles. The molecule has 2 aromatic rings. The largest absolute Gasteiger partial charge is 0.373 e. The van der Waals surface area contributed by atoms with Crippen LogP contribution in [0.25, 0.3) is 0 Å². The van der Waals surface area contributed by atoms with Crippen molar-refractivity contribution in [2.75, 3.05) is 12.4 Å². The van der Waals surface area contributed by atoms with Crippen LogP contribution in [-0.2, 0) is 23.6 Å². The number of aromatic nitrogens is 4. The first kappa shape index (κ1) is 13.4. The van der Waals surface area contributed by atoms with Crippen LogP contribution in [-0.4, -0.2) is 35.2 Å². The van der Waals surface area contributed by atoms with Crippen LogP contribution in [0.5, 0.6) is 0 Å². The highest BCUT2D eigenvalue weighted by Crippen LogP contribution is 2.10. The van der Waals surface area contributed by atoms with E-state index in [9.17, 15) is 8.42 Å². The number of nitrogens with one attached hydrogen (secondary N) is 2. The van der Waals surface area contributed by atoms with Crippen LogP contribution in [0.3, 0.4) is 0 Å². The van der Waals surface area contributed by atoms with Crippen LogP contribution < -0.4 is 10.0 Å². The zero-order chi connectivity index (χ0) is 13.9. The number of aryl methyl sites for hydroxylation is 1. The van der Waals surface area contributed by atoms with E-state index in [1.165, 1.54) is 23.3 Å². The maximum Gasteiger partial charge on any atom is 0.242 e. The number of sulfonamides is 1. The standard InChI is InChI=1S/C10H14N6O2S/c1-11-9-4-3-8(5-12-9)19(17,18)14-6-10-13-7-16(2)15-10/h3-5,7,14H,6H2,1-2H3,(H,11,12). The monoisotopic (exact) mass is 282 g/mol. The first-order chi connectivity index (χ1) is 9.01. The van der Waals surface area contributed by atoms with E-state index in [0.29, 0.717) is 11.6 Å². The van der Waals surface area contributed by atoms with Gasteiger partial charge >= 0.3 is 0 Å². The fourth-order valence-electron chi connectivity index (χ4n) is 1.39. The zero-order valence-electron chi connectivity index (χ0n) is 10.5. The predicted molar refractivity (Wildman–Crippen MR) is 68.8 cm³/mol. The van der Waals surface area contributed by atoms with Crippen LogP contribution in [0.1, 0.15) is 5.82 Å². The molecule has 0 atom stereocenters. The van der Waals surface area contributed by atoms with Crippen molar-refractivity contribution < 1.29 is 8.42 Å². The molecule has 0 saturated carbocycles. The summed E-state index contributed by atoms with van der Waals surface area (Å²) in [6.07, 6.45) is 2.80. The van der Waals surface area contributed by atoms with Crippen molar-refractivity contribution in [1.29, 1.82) is 0 Å². The lowest BCUT2D eigenvalue weighted by atomic mass is 10.5. The average Bonchev–Trinajstić information content (AvgIpc) is 2.82. The molecule has 0 amide bonds. The van der Waals surface area contributed by atoms with Crippen LogP contribution in [0.2, 0.25) is 0 Å². The smallest absolute Gasteiger partial charge is 0.242 e. The molecule has 0 unspecified atom stereocenters.